The fourth-order valence-electron chi connectivity index (χ4n) is 3.70. The van der Waals surface area contributed by atoms with E-state index < -0.39 is 0 Å². The van der Waals surface area contributed by atoms with Gasteiger partial charge in [-0.15, -0.1) is 10.2 Å². The van der Waals surface area contributed by atoms with E-state index in [9.17, 15) is 9.90 Å². The maximum atomic E-state index is 11.4. The molecule has 1 atom stereocenters. The third kappa shape index (κ3) is 2.90. The zero-order valence-corrected chi connectivity index (χ0v) is 14.4. The van der Waals surface area contributed by atoms with Gasteiger partial charge < -0.3 is 15.7 Å². The fourth-order valence-corrected chi connectivity index (χ4v) is 3.70. The van der Waals surface area contributed by atoms with E-state index in [0.29, 0.717) is 5.82 Å². The first-order chi connectivity index (χ1) is 12.7. The van der Waals surface area contributed by atoms with E-state index >= 15 is 0 Å². The number of anilines is 1. The Morgan fingerprint density at radius 1 is 1.19 bits per heavy atom. The number of aliphatic hydroxyl groups excluding tert-OH is 1. The number of hydrogen-bond donors (Lipinski definition) is 2. The monoisotopic (exact) mass is 351 g/mol. The van der Waals surface area contributed by atoms with Crippen molar-refractivity contribution >= 4 is 22.6 Å². The molecule has 1 saturated heterocycles. The number of primary amides is 1. The van der Waals surface area contributed by atoms with Crippen molar-refractivity contribution < 1.29 is 9.90 Å². The molecular weight excluding hydrogens is 330 g/mol. The maximum Gasteiger partial charge on any atom is 0.221 e. The number of aliphatic hydroxyl groups is 1. The van der Waals surface area contributed by atoms with Gasteiger partial charge in [-0.3, -0.25) is 9.36 Å². The minimum atomic E-state index is -0.363. The molecule has 4 rings (SSSR count). The zero-order valence-electron chi connectivity index (χ0n) is 14.4. The van der Waals surface area contributed by atoms with Crippen LogP contribution in [0.15, 0.2) is 42.6 Å². The van der Waals surface area contributed by atoms with Crippen LogP contribution in [0.3, 0.4) is 0 Å². The van der Waals surface area contributed by atoms with Gasteiger partial charge in [-0.25, -0.2) is 0 Å². The highest BCUT2D eigenvalue weighted by Gasteiger charge is 2.25. The molecule has 1 amide bonds. The van der Waals surface area contributed by atoms with E-state index in [1.165, 1.54) is 0 Å². The van der Waals surface area contributed by atoms with Crippen LogP contribution >= 0.6 is 0 Å². The van der Waals surface area contributed by atoms with Gasteiger partial charge in [0.05, 0.1) is 24.6 Å². The predicted molar refractivity (Wildman–Crippen MR) is 99.2 cm³/mol. The smallest absolute Gasteiger partial charge is 0.221 e. The lowest BCUT2D eigenvalue weighted by Gasteiger charge is -2.23. The number of nitrogens with two attached hydrogens (primary N) is 1. The Morgan fingerprint density at radius 2 is 1.96 bits per heavy atom. The van der Waals surface area contributed by atoms with Crippen LogP contribution in [-0.2, 0) is 11.2 Å². The lowest BCUT2D eigenvalue weighted by atomic mass is 10.1. The third-order valence-corrected chi connectivity index (χ3v) is 4.92. The quantitative estimate of drug-likeness (QED) is 0.724. The Labute approximate surface area is 151 Å². The molecule has 1 aromatic carbocycles. The van der Waals surface area contributed by atoms with Crippen LogP contribution in [0.1, 0.15) is 18.4 Å². The van der Waals surface area contributed by atoms with Crippen LogP contribution in [0.2, 0.25) is 0 Å². The first-order valence-corrected chi connectivity index (χ1v) is 8.76. The molecule has 0 radical (unpaired) electrons. The van der Waals surface area contributed by atoms with Crippen LogP contribution in [0.25, 0.3) is 16.7 Å². The molecule has 2 aromatic heterocycles. The van der Waals surface area contributed by atoms with Crippen LogP contribution in [0.5, 0.6) is 0 Å². The average Bonchev–Trinajstić information content (AvgIpc) is 3.27. The van der Waals surface area contributed by atoms with Gasteiger partial charge in [0.1, 0.15) is 0 Å². The highest BCUT2D eigenvalue weighted by molar-refractivity contribution is 5.89. The number of benzene rings is 1. The van der Waals surface area contributed by atoms with Crippen molar-refractivity contribution in [1.82, 2.24) is 14.8 Å². The number of amides is 1. The molecule has 1 aliphatic heterocycles. The second kappa shape index (κ2) is 6.76. The summed E-state index contributed by atoms with van der Waals surface area (Å²) in [5, 5.41) is 19.2. The summed E-state index contributed by atoms with van der Waals surface area (Å²) in [5.74, 6) is 1.10. The summed E-state index contributed by atoms with van der Waals surface area (Å²) in [6, 6.07) is 11.8. The standard InChI is InChI=1S/C19H21N5O2/c20-17(26)10-13-11-24(16-6-2-1-5-15(13)16)19-8-7-18(21-22-19)23-9-3-4-14(23)12-25/h1-2,5-8,11,14,25H,3-4,9-10,12H2,(H2,20,26). The molecule has 7 heteroatoms. The van der Waals surface area contributed by atoms with Gasteiger partial charge in [0.2, 0.25) is 5.91 Å². The fraction of sp³-hybridized carbons (Fsp3) is 0.316. The summed E-state index contributed by atoms with van der Waals surface area (Å²) in [5.41, 5.74) is 7.21. The second-order valence-corrected chi connectivity index (χ2v) is 6.61. The van der Waals surface area contributed by atoms with Gasteiger partial charge in [0.15, 0.2) is 11.6 Å². The van der Waals surface area contributed by atoms with Crippen LogP contribution < -0.4 is 10.6 Å². The maximum absolute atomic E-state index is 11.4. The van der Waals surface area contributed by atoms with Gasteiger partial charge >= 0.3 is 0 Å². The van der Waals surface area contributed by atoms with Crippen LogP contribution in [-0.4, -0.2) is 45.0 Å². The van der Waals surface area contributed by atoms with Crippen molar-refractivity contribution in [3.8, 4) is 5.82 Å². The third-order valence-electron chi connectivity index (χ3n) is 4.92. The summed E-state index contributed by atoms with van der Waals surface area (Å²) in [4.78, 5) is 13.5. The molecule has 3 heterocycles. The van der Waals surface area contributed by atoms with E-state index in [-0.39, 0.29) is 25.0 Å². The Morgan fingerprint density at radius 3 is 2.69 bits per heavy atom. The Hall–Kier alpha value is -2.93. The molecule has 0 spiro atoms. The summed E-state index contributed by atoms with van der Waals surface area (Å²) >= 11 is 0. The van der Waals surface area contributed by atoms with Gasteiger partial charge in [0.25, 0.3) is 0 Å². The van der Waals surface area contributed by atoms with Crippen molar-refractivity contribution in [2.24, 2.45) is 5.73 Å². The van der Waals surface area contributed by atoms with E-state index in [1.54, 1.807) is 0 Å². The van der Waals surface area contributed by atoms with Gasteiger partial charge in [-0.1, -0.05) is 18.2 Å². The molecule has 1 unspecified atom stereocenters. The number of carbonyl (C=O) groups excluding carboxylic acids is 1. The highest BCUT2D eigenvalue weighted by Crippen LogP contribution is 2.26. The summed E-state index contributed by atoms with van der Waals surface area (Å²) in [7, 11) is 0. The Balaban J connectivity index is 1.70. The first kappa shape index (κ1) is 16.5. The largest absolute Gasteiger partial charge is 0.394 e. The average molecular weight is 351 g/mol. The molecule has 0 bridgehead atoms. The van der Waals surface area contributed by atoms with E-state index in [1.807, 2.05) is 47.2 Å². The molecule has 1 fully saturated rings. The van der Waals surface area contributed by atoms with Crippen molar-refractivity contribution in [1.29, 1.82) is 0 Å². The Kier molecular flexibility index (Phi) is 4.30. The summed E-state index contributed by atoms with van der Waals surface area (Å²) < 4.78 is 1.93. The SMILES string of the molecule is NC(=O)Cc1cn(-c2ccc(N3CCCC3CO)nn2)c2ccccc12. The van der Waals surface area contributed by atoms with E-state index in [0.717, 1.165) is 41.7 Å². The topological polar surface area (TPSA) is 97.3 Å². The van der Waals surface area contributed by atoms with Crippen molar-refractivity contribution in [2.45, 2.75) is 25.3 Å². The molecule has 0 aliphatic carbocycles. The molecule has 1 aliphatic rings. The molecule has 134 valence electrons. The van der Waals surface area contributed by atoms with E-state index in [4.69, 9.17) is 5.73 Å². The normalized spacial score (nSPS) is 17.1. The summed E-state index contributed by atoms with van der Waals surface area (Å²) in [6.07, 6.45) is 4.10. The van der Waals surface area contributed by atoms with Crippen molar-refractivity contribution in [3.05, 3.63) is 48.2 Å². The molecule has 0 saturated carbocycles. The van der Waals surface area contributed by atoms with Crippen LogP contribution in [0.4, 0.5) is 5.82 Å². The number of carbonyl (C=O) groups is 1. The van der Waals surface area contributed by atoms with Crippen molar-refractivity contribution in [2.75, 3.05) is 18.1 Å². The summed E-state index contributed by atoms with van der Waals surface area (Å²) in [6.45, 7) is 1.01. The highest BCUT2D eigenvalue weighted by atomic mass is 16.3. The molecule has 3 N–H and O–H groups in total. The minimum Gasteiger partial charge on any atom is -0.394 e. The molecule has 7 nitrogen and oxygen atoms in total. The molecule has 26 heavy (non-hydrogen) atoms. The van der Waals surface area contributed by atoms with E-state index in [2.05, 4.69) is 15.1 Å². The zero-order chi connectivity index (χ0) is 18.1. The van der Waals surface area contributed by atoms with Gasteiger partial charge in [-0.05, 0) is 36.6 Å². The van der Waals surface area contributed by atoms with Crippen LogP contribution in [0, 0.1) is 0 Å². The van der Waals surface area contributed by atoms with Gasteiger partial charge in [0, 0.05) is 18.1 Å². The molecule has 3 aromatic rings. The molecular formula is C19H21N5O2. The number of rotatable bonds is 5. The lowest BCUT2D eigenvalue weighted by molar-refractivity contribution is -0.117. The lowest BCUT2D eigenvalue weighted by Crippen LogP contribution is -2.32. The number of hydrogen-bond acceptors (Lipinski definition) is 5. The van der Waals surface area contributed by atoms with Gasteiger partial charge in [-0.2, -0.15) is 0 Å². The predicted octanol–water partition coefficient (Wildman–Crippen LogP) is 1.41. The number of aromatic nitrogens is 3. The number of para-hydroxylation sites is 1. The Bertz CT molecular complexity index is 935. The van der Waals surface area contributed by atoms with Crippen molar-refractivity contribution in [3.63, 3.8) is 0 Å². The minimum absolute atomic E-state index is 0.115. The number of nitrogens with zero attached hydrogens (tertiary/aromatic N) is 4. The second-order valence-electron chi connectivity index (χ2n) is 6.61. The number of fused-ring (bicyclic) bond motifs is 1. The first-order valence-electron chi connectivity index (χ1n) is 8.76.